The maximum Gasteiger partial charge on any atom is 0.330 e. The van der Waals surface area contributed by atoms with E-state index >= 15 is 0 Å². The molecule has 0 aromatic carbocycles. The Morgan fingerprint density at radius 2 is 1.85 bits per heavy atom. The van der Waals surface area contributed by atoms with Gasteiger partial charge in [-0.2, -0.15) is 5.10 Å². The second-order valence-electron chi connectivity index (χ2n) is 10.8. The van der Waals surface area contributed by atoms with Gasteiger partial charge in [0.05, 0.1) is 11.2 Å². The number of aromatic nitrogens is 5. The predicted molar refractivity (Wildman–Crippen MR) is 128 cm³/mol. The second kappa shape index (κ2) is 7.46. The molecule has 0 N–H and O–H groups in total. The molecule has 2 atom stereocenters. The number of carbonyl (C=O) groups is 1. The molecular weight excluding hydrogens is 418 g/mol. The number of piperidine rings is 2. The van der Waals surface area contributed by atoms with Gasteiger partial charge >= 0.3 is 5.69 Å². The van der Waals surface area contributed by atoms with Gasteiger partial charge in [0.1, 0.15) is 11.5 Å². The van der Waals surface area contributed by atoms with Gasteiger partial charge in [-0.15, -0.1) is 0 Å². The SMILES string of the molecule is Cc1cc(C(=O)N2CC3CCC2CN3c2ccc3c(n2)n(C)c(=O)n3CC(C)(C)C)n(C)n1. The summed E-state index contributed by atoms with van der Waals surface area (Å²) in [6.07, 6.45) is 2.02. The Morgan fingerprint density at radius 3 is 2.45 bits per heavy atom. The Bertz CT molecular complexity index is 1290. The predicted octanol–water partition coefficient (Wildman–Crippen LogP) is 2.32. The molecule has 0 spiro atoms. The van der Waals surface area contributed by atoms with Crippen molar-refractivity contribution < 1.29 is 4.79 Å². The molecule has 3 aliphatic rings. The van der Waals surface area contributed by atoms with Crippen LogP contribution in [0.25, 0.3) is 11.2 Å². The van der Waals surface area contributed by atoms with Crippen LogP contribution >= 0.6 is 0 Å². The molecule has 9 heteroatoms. The van der Waals surface area contributed by atoms with Crippen LogP contribution < -0.4 is 10.6 Å². The number of amides is 1. The van der Waals surface area contributed by atoms with Crippen LogP contribution in [0.3, 0.4) is 0 Å². The lowest BCUT2D eigenvalue weighted by Gasteiger charge is -2.51. The molecule has 2 bridgehead atoms. The number of carbonyl (C=O) groups excluding carboxylic acids is 1. The van der Waals surface area contributed by atoms with Crippen molar-refractivity contribution in [1.29, 1.82) is 0 Å². The summed E-state index contributed by atoms with van der Waals surface area (Å²) < 4.78 is 5.15. The summed E-state index contributed by atoms with van der Waals surface area (Å²) in [5.74, 6) is 0.932. The van der Waals surface area contributed by atoms with Crippen LogP contribution in [0.4, 0.5) is 5.82 Å². The first kappa shape index (κ1) is 21.7. The molecule has 3 aromatic rings. The van der Waals surface area contributed by atoms with Gasteiger partial charge in [-0.05, 0) is 43.4 Å². The van der Waals surface area contributed by atoms with Gasteiger partial charge in [-0.25, -0.2) is 9.78 Å². The van der Waals surface area contributed by atoms with E-state index in [1.54, 1.807) is 16.3 Å². The van der Waals surface area contributed by atoms with Crippen molar-refractivity contribution >= 4 is 22.9 Å². The lowest BCUT2D eigenvalue weighted by atomic mass is 9.90. The average Bonchev–Trinajstić information content (AvgIpc) is 3.23. The molecule has 6 rings (SSSR count). The summed E-state index contributed by atoms with van der Waals surface area (Å²) in [6.45, 7) is 10.4. The lowest BCUT2D eigenvalue weighted by Crippen LogP contribution is -2.64. The van der Waals surface area contributed by atoms with E-state index in [0.29, 0.717) is 24.4 Å². The van der Waals surface area contributed by atoms with Crippen LogP contribution in [-0.2, 0) is 20.6 Å². The number of aryl methyl sites for hydroxylation is 3. The second-order valence-corrected chi connectivity index (χ2v) is 10.8. The van der Waals surface area contributed by atoms with E-state index in [4.69, 9.17) is 4.98 Å². The van der Waals surface area contributed by atoms with Crippen molar-refractivity contribution in [2.75, 3.05) is 18.0 Å². The molecule has 176 valence electrons. The highest BCUT2D eigenvalue weighted by molar-refractivity contribution is 5.93. The van der Waals surface area contributed by atoms with Gasteiger partial charge in [0.15, 0.2) is 5.65 Å². The van der Waals surface area contributed by atoms with Crippen LogP contribution in [0, 0.1) is 12.3 Å². The van der Waals surface area contributed by atoms with E-state index in [2.05, 4.69) is 30.8 Å². The molecule has 6 heterocycles. The Balaban J connectivity index is 1.43. The summed E-state index contributed by atoms with van der Waals surface area (Å²) in [5.41, 5.74) is 3.03. The highest BCUT2D eigenvalue weighted by Crippen LogP contribution is 2.33. The van der Waals surface area contributed by atoms with Crippen molar-refractivity contribution in [3.8, 4) is 0 Å². The molecule has 2 unspecified atom stereocenters. The first-order valence-corrected chi connectivity index (χ1v) is 11.7. The molecule has 3 aliphatic heterocycles. The Morgan fingerprint density at radius 1 is 1.12 bits per heavy atom. The Hall–Kier alpha value is -3.10. The lowest BCUT2D eigenvalue weighted by molar-refractivity contribution is 0.0493. The number of anilines is 1. The van der Waals surface area contributed by atoms with E-state index in [-0.39, 0.29) is 29.1 Å². The number of imidazole rings is 1. The quantitative estimate of drug-likeness (QED) is 0.611. The van der Waals surface area contributed by atoms with Gasteiger partial charge in [0.2, 0.25) is 0 Å². The standard InChI is InChI=1S/C24H33N7O2/c1-15-11-19(28(6)26-15)22(32)30-13-16-7-8-17(30)12-29(16)20-10-9-18-21(25-20)27(5)23(33)31(18)14-24(2,3)4/h9-11,16-17H,7-8,12-14H2,1-6H3. The first-order chi connectivity index (χ1) is 15.5. The third-order valence-corrected chi connectivity index (χ3v) is 6.90. The molecule has 9 nitrogen and oxygen atoms in total. The van der Waals surface area contributed by atoms with E-state index in [1.165, 1.54) is 0 Å². The molecule has 33 heavy (non-hydrogen) atoms. The molecule has 3 saturated heterocycles. The zero-order valence-corrected chi connectivity index (χ0v) is 20.4. The van der Waals surface area contributed by atoms with Crippen molar-refractivity contribution in [2.45, 2.75) is 59.2 Å². The number of fused-ring (bicyclic) bond motifs is 4. The molecule has 1 amide bonds. The van der Waals surface area contributed by atoms with Crippen LogP contribution in [0.5, 0.6) is 0 Å². The minimum atomic E-state index is -0.0343. The van der Waals surface area contributed by atoms with Crippen molar-refractivity contribution in [3.05, 3.63) is 40.1 Å². The molecule has 0 saturated carbocycles. The number of hydrogen-bond donors (Lipinski definition) is 0. The summed E-state index contributed by atoms with van der Waals surface area (Å²) in [7, 11) is 3.61. The summed E-state index contributed by atoms with van der Waals surface area (Å²) >= 11 is 0. The van der Waals surface area contributed by atoms with Crippen LogP contribution in [0.1, 0.15) is 49.8 Å². The van der Waals surface area contributed by atoms with E-state index in [1.807, 2.05) is 41.6 Å². The summed E-state index contributed by atoms with van der Waals surface area (Å²) in [5, 5.41) is 4.34. The van der Waals surface area contributed by atoms with E-state index in [9.17, 15) is 9.59 Å². The van der Waals surface area contributed by atoms with Gasteiger partial charge in [-0.3, -0.25) is 18.6 Å². The highest BCUT2D eigenvalue weighted by Gasteiger charge is 2.42. The largest absolute Gasteiger partial charge is 0.350 e. The first-order valence-electron chi connectivity index (χ1n) is 11.7. The minimum absolute atomic E-state index is 0.00872. The Labute approximate surface area is 193 Å². The molecule has 0 radical (unpaired) electrons. The zero-order chi connectivity index (χ0) is 23.7. The third-order valence-electron chi connectivity index (χ3n) is 6.90. The fourth-order valence-corrected chi connectivity index (χ4v) is 5.37. The van der Waals surface area contributed by atoms with Crippen molar-refractivity contribution in [3.63, 3.8) is 0 Å². The molecule has 3 aromatic heterocycles. The third kappa shape index (κ3) is 3.63. The highest BCUT2D eigenvalue weighted by atomic mass is 16.2. The zero-order valence-electron chi connectivity index (χ0n) is 20.4. The monoisotopic (exact) mass is 451 g/mol. The maximum absolute atomic E-state index is 13.2. The normalized spacial score (nSPS) is 20.8. The van der Waals surface area contributed by atoms with Crippen LogP contribution in [-0.4, -0.2) is 59.9 Å². The van der Waals surface area contributed by atoms with Crippen LogP contribution in [0.15, 0.2) is 23.0 Å². The fraction of sp³-hybridized carbons (Fsp3) is 0.583. The molecular formula is C24H33N7O2. The number of piperazine rings is 1. The number of nitrogens with zero attached hydrogens (tertiary/aromatic N) is 7. The number of rotatable bonds is 3. The summed E-state index contributed by atoms with van der Waals surface area (Å²) in [6, 6.07) is 6.27. The molecule has 0 aliphatic carbocycles. The van der Waals surface area contributed by atoms with Gasteiger partial charge in [0.25, 0.3) is 5.91 Å². The Kier molecular flexibility index (Phi) is 4.91. The van der Waals surface area contributed by atoms with Gasteiger partial charge in [0, 0.05) is 45.8 Å². The van der Waals surface area contributed by atoms with Crippen LogP contribution in [0.2, 0.25) is 0 Å². The number of hydrogen-bond acceptors (Lipinski definition) is 5. The molecule has 3 fully saturated rings. The van der Waals surface area contributed by atoms with Crippen molar-refractivity contribution in [1.82, 2.24) is 28.8 Å². The fourth-order valence-electron chi connectivity index (χ4n) is 5.37. The average molecular weight is 452 g/mol. The minimum Gasteiger partial charge on any atom is -0.350 e. The smallest absolute Gasteiger partial charge is 0.330 e. The number of pyridine rings is 1. The van der Waals surface area contributed by atoms with E-state index in [0.717, 1.165) is 36.4 Å². The van der Waals surface area contributed by atoms with E-state index < -0.39 is 0 Å². The van der Waals surface area contributed by atoms with Crippen molar-refractivity contribution in [2.24, 2.45) is 19.5 Å². The topological polar surface area (TPSA) is 81.2 Å². The van der Waals surface area contributed by atoms with Gasteiger partial charge in [-0.1, -0.05) is 20.8 Å². The maximum atomic E-state index is 13.2. The summed E-state index contributed by atoms with van der Waals surface area (Å²) in [4.78, 5) is 35.4. The van der Waals surface area contributed by atoms with Gasteiger partial charge < -0.3 is 9.80 Å².